The second kappa shape index (κ2) is 3.50. The maximum absolute atomic E-state index is 4.44. The van der Waals surface area contributed by atoms with Crippen molar-refractivity contribution in [3.63, 3.8) is 0 Å². The molecular formula is C10H13NS. The molecule has 1 nitrogen and oxygen atoms in total. The number of benzene rings is 1. The molecule has 1 saturated heterocycles. The Morgan fingerprint density at radius 3 is 2.58 bits per heavy atom. The molecule has 1 heterocycles. The van der Waals surface area contributed by atoms with Gasteiger partial charge in [0.25, 0.3) is 0 Å². The van der Waals surface area contributed by atoms with Crippen LogP contribution in [0.2, 0.25) is 0 Å². The quantitative estimate of drug-likeness (QED) is 0.629. The number of thiol groups is 1. The van der Waals surface area contributed by atoms with Crippen LogP contribution in [0.3, 0.4) is 0 Å². The first kappa shape index (κ1) is 8.14. The van der Waals surface area contributed by atoms with E-state index in [1.54, 1.807) is 0 Å². The SMILES string of the molecule is SC1CNC(c2ccccc2)C1. The molecule has 1 aliphatic heterocycles. The van der Waals surface area contributed by atoms with Crippen LogP contribution in [0, 0.1) is 0 Å². The smallest absolute Gasteiger partial charge is 0.0331 e. The maximum Gasteiger partial charge on any atom is 0.0331 e. The van der Waals surface area contributed by atoms with Crippen molar-refractivity contribution in [1.82, 2.24) is 5.32 Å². The van der Waals surface area contributed by atoms with E-state index < -0.39 is 0 Å². The number of hydrogen-bond acceptors (Lipinski definition) is 2. The Hall–Kier alpha value is -0.470. The number of rotatable bonds is 1. The average Bonchev–Trinajstić information content (AvgIpc) is 2.54. The van der Waals surface area contributed by atoms with Gasteiger partial charge in [0.1, 0.15) is 0 Å². The Kier molecular flexibility index (Phi) is 2.38. The van der Waals surface area contributed by atoms with E-state index in [4.69, 9.17) is 0 Å². The van der Waals surface area contributed by atoms with Crippen LogP contribution >= 0.6 is 12.6 Å². The van der Waals surface area contributed by atoms with Crippen LogP contribution in [0.25, 0.3) is 0 Å². The standard InChI is InChI=1S/C10H13NS/c12-9-6-10(11-7-9)8-4-2-1-3-5-8/h1-5,9-12H,6-7H2. The van der Waals surface area contributed by atoms with Crippen molar-refractivity contribution in [2.45, 2.75) is 17.7 Å². The zero-order valence-electron chi connectivity index (χ0n) is 6.90. The molecule has 1 aliphatic rings. The van der Waals surface area contributed by atoms with Gasteiger partial charge in [-0.05, 0) is 12.0 Å². The lowest BCUT2D eigenvalue weighted by molar-refractivity contribution is 0.648. The molecule has 0 radical (unpaired) electrons. The Bertz CT molecular complexity index is 247. The first-order chi connectivity index (χ1) is 5.86. The summed E-state index contributed by atoms with van der Waals surface area (Å²) in [4.78, 5) is 0. The van der Waals surface area contributed by atoms with Crippen molar-refractivity contribution in [3.8, 4) is 0 Å². The van der Waals surface area contributed by atoms with Crippen LogP contribution in [0.5, 0.6) is 0 Å². The fraction of sp³-hybridized carbons (Fsp3) is 0.400. The van der Waals surface area contributed by atoms with Gasteiger partial charge in [0, 0.05) is 17.8 Å². The highest BCUT2D eigenvalue weighted by atomic mass is 32.1. The second-order valence-corrected chi connectivity index (χ2v) is 3.99. The minimum Gasteiger partial charge on any atom is -0.309 e. The number of nitrogens with one attached hydrogen (secondary N) is 1. The van der Waals surface area contributed by atoms with Gasteiger partial charge in [-0.3, -0.25) is 0 Å². The van der Waals surface area contributed by atoms with Gasteiger partial charge < -0.3 is 5.32 Å². The zero-order valence-corrected chi connectivity index (χ0v) is 7.80. The van der Waals surface area contributed by atoms with E-state index in [9.17, 15) is 0 Å². The lowest BCUT2D eigenvalue weighted by atomic mass is 10.1. The van der Waals surface area contributed by atoms with Gasteiger partial charge >= 0.3 is 0 Å². The first-order valence-electron chi connectivity index (χ1n) is 4.32. The normalized spacial score (nSPS) is 29.1. The third kappa shape index (κ3) is 1.65. The highest BCUT2D eigenvalue weighted by molar-refractivity contribution is 7.81. The molecule has 1 aromatic rings. The van der Waals surface area contributed by atoms with Gasteiger partial charge in [-0.2, -0.15) is 12.6 Å². The third-order valence-electron chi connectivity index (χ3n) is 2.31. The molecule has 0 aromatic heterocycles. The van der Waals surface area contributed by atoms with Gasteiger partial charge in [-0.1, -0.05) is 30.3 Å². The predicted octanol–water partition coefficient (Wildman–Crippen LogP) is 2.02. The largest absolute Gasteiger partial charge is 0.309 e. The van der Waals surface area contributed by atoms with E-state index in [1.165, 1.54) is 5.56 Å². The summed E-state index contributed by atoms with van der Waals surface area (Å²) >= 11 is 4.44. The van der Waals surface area contributed by atoms with E-state index in [2.05, 4.69) is 48.3 Å². The summed E-state index contributed by atoms with van der Waals surface area (Å²) in [5.74, 6) is 0. The summed E-state index contributed by atoms with van der Waals surface area (Å²) in [7, 11) is 0. The van der Waals surface area contributed by atoms with Crippen LogP contribution in [0.4, 0.5) is 0 Å². The minimum atomic E-state index is 0.522. The van der Waals surface area contributed by atoms with E-state index >= 15 is 0 Å². The molecule has 2 rings (SSSR count). The van der Waals surface area contributed by atoms with Crippen LogP contribution in [-0.4, -0.2) is 11.8 Å². The first-order valence-corrected chi connectivity index (χ1v) is 4.84. The Labute approximate surface area is 78.6 Å². The van der Waals surface area contributed by atoms with Crippen LogP contribution in [0.15, 0.2) is 30.3 Å². The van der Waals surface area contributed by atoms with Crippen molar-refractivity contribution >= 4 is 12.6 Å². The van der Waals surface area contributed by atoms with Gasteiger partial charge in [0.2, 0.25) is 0 Å². The van der Waals surface area contributed by atoms with Crippen molar-refractivity contribution in [2.75, 3.05) is 6.54 Å². The molecule has 0 spiro atoms. The molecule has 12 heavy (non-hydrogen) atoms. The predicted molar refractivity (Wildman–Crippen MR) is 54.6 cm³/mol. The lowest BCUT2D eigenvalue weighted by Gasteiger charge is -2.09. The molecule has 2 atom stereocenters. The van der Waals surface area contributed by atoms with Crippen molar-refractivity contribution in [2.24, 2.45) is 0 Å². The van der Waals surface area contributed by atoms with Crippen molar-refractivity contribution in [3.05, 3.63) is 35.9 Å². The van der Waals surface area contributed by atoms with E-state index in [-0.39, 0.29) is 0 Å². The molecule has 0 saturated carbocycles. The van der Waals surface area contributed by atoms with Crippen LogP contribution < -0.4 is 5.32 Å². The minimum absolute atomic E-state index is 0.522. The molecule has 1 aromatic carbocycles. The Balaban J connectivity index is 2.11. The molecule has 64 valence electrons. The summed E-state index contributed by atoms with van der Waals surface area (Å²) in [5, 5.41) is 3.97. The van der Waals surface area contributed by atoms with Crippen LogP contribution in [-0.2, 0) is 0 Å². The highest BCUT2D eigenvalue weighted by Gasteiger charge is 2.21. The van der Waals surface area contributed by atoms with Crippen LogP contribution in [0.1, 0.15) is 18.0 Å². The van der Waals surface area contributed by atoms with E-state index in [0.29, 0.717) is 11.3 Å². The monoisotopic (exact) mass is 179 g/mol. The molecule has 1 N–H and O–H groups in total. The van der Waals surface area contributed by atoms with E-state index in [0.717, 1.165) is 13.0 Å². The third-order valence-corrected chi connectivity index (χ3v) is 2.70. The summed E-state index contributed by atoms with van der Waals surface area (Å²) in [6.45, 7) is 1.03. The molecule has 2 heteroatoms. The summed E-state index contributed by atoms with van der Waals surface area (Å²) in [5.41, 5.74) is 1.38. The van der Waals surface area contributed by atoms with Crippen molar-refractivity contribution < 1.29 is 0 Å². The lowest BCUT2D eigenvalue weighted by Crippen LogP contribution is -2.13. The maximum atomic E-state index is 4.44. The fourth-order valence-electron chi connectivity index (χ4n) is 1.66. The molecule has 2 unspecified atom stereocenters. The summed E-state index contributed by atoms with van der Waals surface area (Å²) < 4.78 is 0. The molecular weight excluding hydrogens is 166 g/mol. The molecule has 1 fully saturated rings. The van der Waals surface area contributed by atoms with Gasteiger partial charge in [0.15, 0.2) is 0 Å². The summed E-state index contributed by atoms with van der Waals surface area (Å²) in [6, 6.07) is 11.1. The Morgan fingerprint density at radius 1 is 1.25 bits per heavy atom. The van der Waals surface area contributed by atoms with Gasteiger partial charge in [-0.25, -0.2) is 0 Å². The van der Waals surface area contributed by atoms with Gasteiger partial charge in [0.05, 0.1) is 0 Å². The molecule has 0 amide bonds. The van der Waals surface area contributed by atoms with E-state index in [1.807, 2.05) is 0 Å². The molecule has 0 bridgehead atoms. The van der Waals surface area contributed by atoms with Gasteiger partial charge in [-0.15, -0.1) is 0 Å². The number of hydrogen-bond donors (Lipinski definition) is 2. The molecule has 0 aliphatic carbocycles. The zero-order chi connectivity index (χ0) is 8.39. The topological polar surface area (TPSA) is 12.0 Å². The highest BCUT2D eigenvalue weighted by Crippen LogP contribution is 2.25. The van der Waals surface area contributed by atoms with Crippen molar-refractivity contribution in [1.29, 1.82) is 0 Å². The second-order valence-electron chi connectivity index (χ2n) is 3.26. The summed E-state index contributed by atoms with van der Waals surface area (Å²) in [6.07, 6.45) is 1.15. The fourth-order valence-corrected chi connectivity index (χ4v) is 1.97. The Morgan fingerprint density at radius 2 is 2.00 bits per heavy atom. The average molecular weight is 179 g/mol.